The zero-order valence-corrected chi connectivity index (χ0v) is 17.4. The number of hydrogen-bond acceptors (Lipinski definition) is 4. The highest BCUT2D eigenvalue weighted by Crippen LogP contribution is 2.22. The van der Waals surface area contributed by atoms with E-state index in [0.717, 1.165) is 16.7 Å². The summed E-state index contributed by atoms with van der Waals surface area (Å²) in [7, 11) is 0. The fourth-order valence-electron chi connectivity index (χ4n) is 3.63. The Morgan fingerprint density at radius 3 is 1.91 bits per heavy atom. The van der Waals surface area contributed by atoms with Crippen molar-refractivity contribution < 1.29 is 4.39 Å². The number of nitrogens with one attached hydrogen (secondary N) is 1. The van der Waals surface area contributed by atoms with Crippen LogP contribution in [0.4, 0.5) is 15.9 Å². The van der Waals surface area contributed by atoms with Crippen LogP contribution in [-0.2, 0) is 19.6 Å². The Kier molecular flexibility index (Phi) is 6.17. The van der Waals surface area contributed by atoms with Crippen LogP contribution >= 0.6 is 0 Å². The predicted octanol–water partition coefficient (Wildman–Crippen LogP) is 3.51. The van der Waals surface area contributed by atoms with Gasteiger partial charge < -0.3 is 10.6 Å². The number of hydrogen-bond donors (Lipinski definition) is 2. The largest absolute Gasteiger partial charge is 0.383 e. The summed E-state index contributed by atoms with van der Waals surface area (Å²) < 4.78 is 14.8. The molecule has 0 amide bonds. The molecule has 7 heteroatoms. The molecule has 0 aliphatic carbocycles. The zero-order valence-electron chi connectivity index (χ0n) is 17.4. The molecule has 0 saturated carbocycles. The second kappa shape index (κ2) is 9.34. The molecular formula is C25H23FN4O2. The van der Waals surface area contributed by atoms with Gasteiger partial charge in [0.2, 0.25) is 0 Å². The van der Waals surface area contributed by atoms with Crippen molar-refractivity contribution in [3.8, 4) is 0 Å². The lowest BCUT2D eigenvalue weighted by molar-refractivity contribution is 0.626. The molecule has 4 aromatic rings. The van der Waals surface area contributed by atoms with E-state index in [1.54, 1.807) is 17.0 Å². The van der Waals surface area contributed by atoms with Crippen molar-refractivity contribution in [2.24, 2.45) is 0 Å². The number of aromatic amines is 1. The maximum Gasteiger partial charge on any atom is 0.330 e. The molecule has 0 aliphatic heterocycles. The SMILES string of the molecule is Nc1c(N(Cc2ccccc2)Cc2ccc(F)cc2)c(=O)[nH]c(=O)n1Cc1ccccc1. The summed E-state index contributed by atoms with van der Waals surface area (Å²) in [6.45, 7) is 0.923. The second-order valence-corrected chi connectivity index (χ2v) is 7.53. The fraction of sp³-hybridized carbons (Fsp3) is 0.120. The van der Waals surface area contributed by atoms with E-state index in [-0.39, 0.29) is 23.9 Å². The molecule has 0 saturated heterocycles. The topological polar surface area (TPSA) is 84.1 Å². The molecule has 0 fully saturated rings. The Bertz CT molecular complexity index is 1300. The molecule has 0 spiro atoms. The number of anilines is 2. The summed E-state index contributed by atoms with van der Waals surface area (Å²) in [6.07, 6.45) is 0. The summed E-state index contributed by atoms with van der Waals surface area (Å²) in [5.41, 5.74) is 8.14. The number of nitrogen functional groups attached to an aromatic ring is 1. The third-order valence-corrected chi connectivity index (χ3v) is 5.22. The molecule has 32 heavy (non-hydrogen) atoms. The molecule has 3 aromatic carbocycles. The van der Waals surface area contributed by atoms with Crippen LogP contribution in [0.15, 0.2) is 94.5 Å². The van der Waals surface area contributed by atoms with Gasteiger partial charge in [-0.3, -0.25) is 14.3 Å². The van der Waals surface area contributed by atoms with Crippen LogP contribution in [0.1, 0.15) is 16.7 Å². The predicted molar refractivity (Wildman–Crippen MR) is 124 cm³/mol. The Labute approximate surface area is 184 Å². The van der Waals surface area contributed by atoms with Crippen LogP contribution < -0.4 is 21.9 Å². The first-order chi connectivity index (χ1) is 15.5. The lowest BCUT2D eigenvalue weighted by atomic mass is 10.1. The molecule has 0 atom stereocenters. The van der Waals surface area contributed by atoms with Gasteiger partial charge in [-0.15, -0.1) is 0 Å². The molecule has 0 radical (unpaired) electrons. The number of benzene rings is 3. The smallest absolute Gasteiger partial charge is 0.330 e. The summed E-state index contributed by atoms with van der Waals surface area (Å²) in [5.74, 6) is -0.252. The van der Waals surface area contributed by atoms with Gasteiger partial charge in [0.1, 0.15) is 17.3 Å². The molecule has 4 rings (SSSR count). The zero-order chi connectivity index (χ0) is 22.5. The van der Waals surface area contributed by atoms with E-state index in [4.69, 9.17) is 5.73 Å². The number of rotatable bonds is 7. The van der Waals surface area contributed by atoms with Gasteiger partial charge in [-0.1, -0.05) is 72.8 Å². The van der Waals surface area contributed by atoms with Gasteiger partial charge in [-0.05, 0) is 28.8 Å². The Balaban J connectivity index is 1.78. The van der Waals surface area contributed by atoms with Crippen LogP contribution in [0.3, 0.4) is 0 Å². The quantitative estimate of drug-likeness (QED) is 0.470. The van der Waals surface area contributed by atoms with Crippen LogP contribution in [0.25, 0.3) is 0 Å². The van der Waals surface area contributed by atoms with Crippen molar-refractivity contribution in [1.29, 1.82) is 0 Å². The van der Waals surface area contributed by atoms with Crippen LogP contribution in [0.5, 0.6) is 0 Å². The van der Waals surface area contributed by atoms with Crippen molar-refractivity contribution in [3.05, 3.63) is 128 Å². The normalized spacial score (nSPS) is 10.8. The summed E-state index contributed by atoms with van der Waals surface area (Å²) >= 11 is 0. The molecular weight excluding hydrogens is 407 g/mol. The van der Waals surface area contributed by atoms with Crippen LogP contribution in [0.2, 0.25) is 0 Å². The van der Waals surface area contributed by atoms with E-state index in [1.807, 2.05) is 60.7 Å². The third kappa shape index (κ3) is 4.78. The van der Waals surface area contributed by atoms with E-state index < -0.39 is 11.2 Å². The fourth-order valence-corrected chi connectivity index (χ4v) is 3.63. The molecule has 0 bridgehead atoms. The number of nitrogens with two attached hydrogens (primary N) is 1. The molecule has 1 heterocycles. The minimum atomic E-state index is -0.568. The first kappa shape index (κ1) is 21.1. The van der Waals surface area contributed by atoms with E-state index in [1.165, 1.54) is 16.7 Å². The van der Waals surface area contributed by atoms with Gasteiger partial charge in [-0.2, -0.15) is 0 Å². The molecule has 0 unspecified atom stereocenters. The van der Waals surface area contributed by atoms with Gasteiger partial charge in [-0.25, -0.2) is 9.18 Å². The highest BCUT2D eigenvalue weighted by atomic mass is 19.1. The van der Waals surface area contributed by atoms with Crippen molar-refractivity contribution in [2.75, 3.05) is 10.6 Å². The lowest BCUT2D eigenvalue weighted by Gasteiger charge is -2.26. The maximum absolute atomic E-state index is 13.4. The molecule has 162 valence electrons. The standard InChI is InChI=1S/C25H23FN4O2/c26-21-13-11-20(12-14-21)16-29(15-18-7-3-1-4-8-18)22-23(27)30(25(32)28-24(22)31)17-19-9-5-2-6-10-19/h1-14H,15-17,27H2,(H,28,31,32). The highest BCUT2D eigenvalue weighted by molar-refractivity contribution is 5.63. The van der Waals surface area contributed by atoms with E-state index in [2.05, 4.69) is 4.98 Å². The Hall–Kier alpha value is -4.13. The molecule has 3 N–H and O–H groups in total. The molecule has 1 aromatic heterocycles. The Morgan fingerprint density at radius 1 is 0.781 bits per heavy atom. The summed E-state index contributed by atoms with van der Waals surface area (Å²) in [4.78, 5) is 29.7. The lowest BCUT2D eigenvalue weighted by Crippen LogP contribution is -2.38. The van der Waals surface area contributed by atoms with Crippen molar-refractivity contribution in [1.82, 2.24) is 9.55 Å². The van der Waals surface area contributed by atoms with E-state index in [0.29, 0.717) is 13.1 Å². The number of H-pyrrole nitrogens is 1. The minimum absolute atomic E-state index is 0.0839. The van der Waals surface area contributed by atoms with E-state index >= 15 is 0 Å². The van der Waals surface area contributed by atoms with Crippen molar-refractivity contribution in [2.45, 2.75) is 19.6 Å². The first-order valence-corrected chi connectivity index (χ1v) is 10.2. The molecule has 6 nitrogen and oxygen atoms in total. The van der Waals surface area contributed by atoms with E-state index in [9.17, 15) is 14.0 Å². The van der Waals surface area contributed by atoms with Crippen molar-refractivity contribution in [3.63, 3.8) is 0 Å². The maximum atomic E-state index is 13.4. The monoisotopic (exact) mass is 430 g/mol. The summed E-state index contributed by atoms with van der Waals surface area (Å²) in [6, 6.07) is 25.1. The average Bonchev–Trinajstić information content (AvgIpc) is 2.79. The minimum Gasteiger partial charge on any atom is -0.383 e. The highest BCUT2D eigenvalue weighted by Gasteiger charge is 2.20. The Morgan fingerprint density at radius 2 is 1.31 bits per heavy atom. The van der Waals surface area contributed by atoms with Gasteiger partial charge in [0.25, 0.3) is 5.56 Å². The first-order valence-electron chi connectivity index (χ1n) is 10.2. The number of nitrogens with zero attached hydrogens (tertiary/aromatic N) is 2. The van der Waals surface area contributed by atoms with Crippen LogP contribution in [0, 0.1) is 5.82 Å². The van der Waals surface area contributed by atoms with Crippen molar-refractivity contribution >= 4 is 11.5 Å². The van der Waals surface area contributed by atoms with Gasteiger partial charge >= 0.3 is 5.69 Å². The number of halogens is 1. The third-order valence-electron chi connectivity index (χ3n) is 5.22. The average molecular weight is 430 g/mol. The number of aromatic nitrogens is 2. The molecule has 0 aliphatic rings. The van der Waals surface area contributed by atoms with Crippen LogP contribution in [-0.4, -0.2) is 9.55 Å². The van der Waals surface area contributed by atoms with Gasteiger partial charge in [0.05, 0.1) is 6.54 Å². The summed E-state index contributed by atoms with van der Waals surface area (Å²) in [5, 5.41) is 0. The second-order valence-electron chi connectivity index (χ2n) is 7.53. The van der Waals surface area contributed by atoms with Gasteiger partial charge in [0, 0.05) is 13.1 Å². The van der Waals surface area contributed by atoms with Gasteiger partial charge in [0.15, 0.2) is 0 Å².